The van der Waals surface area contributed by atoms with E-state index < -0.39 is 176 Å². The Hall–Kier alpha value is -1.63. The maximum atomic E-state index is 14.5. The second-order valence-electron chi connectivity index (χ2n) is 25.5. The zero-order valence-electron chi connectivity index (χ0n) is 45.8. The van der Waals surface area contributed by atoms with Gasteiger partial charge < -0.3 is 109 Å². The van der Waals surface area contributed by atoms with Crippen LogP contribution in [0.15, 0.2) is 11.6 Å². The number of ether oxygens (including phenoxy) is 10. The quantitative estimate of drug-likeness (QED) is 0.0675. The highest BCUT2D eigenvalue weighted by Gasteiger charge is 2.85. The molecule has 0 bridgehead atoms. The van der Waals surface area contributed by atoms with E-state index in [9.17, 15) is 66.1 Å². The maximum absolute atomic E-state index is 14.5. The number of cyclic esters (lactones) is 1. The van der Waals surface area contributed by atoms with Crippen LogP contribution in [0.4, 0.5) is 0 Å². The standard InChI is InChI=1S/C54H88O23/c1-23(2)11-10-15-52(8)53(67)18-17-51(7)25-12-13-30-49(4,5)32(14-16-50(30,6)26(25)19-31(58)54(51,53)48(66)77-52)73-47-43(33(59)27(57)22-69-47)76-44-37(63)36(62)40(24(3)70-44)74-46-39(65)42(35(61)29(21-56)72-46)75-45-38(64)41(68-9)34(60)28(20-55)71-45/h12,23-24,26-47,55-65,67H,10-11,13-22H2,1-9H3/t24?,26?,27-,28?,29?,30?,31?,32+,33?,34-,35-,36?,37?,38?,39?,40-,41?,42?,43?,44+,45+,46+,47+,50-,51?,52?,53+,54-/m1/s1. The van der Waals surface area contributed by atoms with Crippen molar-refractivity contribution in [2.24, 2.45) is 39.4 Å². The summed E-state index contributed by atoms with van der Waals surface area (Å²) in [4.78, 5) is 14.5. The van der Waals surface area contributed by atoms with E-state index >= 15 is 0 Å². The van der Waals surface area contributed by atoms with Gasteiger partial charge in [0, 0.05) is 12.5 Å². The SMILES string of the molecule is COC1C(O)[C@H](OC2C(O)[C@H](O[C@@H]3C(C)O[C@@H](OC4C(O)[C@H](O)CO[C@H]4O[C@H]4CC[C@]5(C)C6CC(O)[C@]78C(=O)OC(C)(CCCC(C)C)[C@@]7(O)CCC8(C)C6=CCC5C4(C)C)C(O)C3O)OC(CO)[C@H]2O)OC(CO)[C@H]1O. The largest absolute Gasteiger partial charge is 0.456 e. The summed E-state index contributed by atoms with van der Waals surface area (Å²) in [5.74, 6) is -0.225. The molecule has 0 aromatic rings. The maximum Gasteiger partial charge on any atom is 0.319 e. The number of methoxy groups -OCH3 is 1. The van der Waals surface area contributed by atoms with Gasteiger partial charge in [-0.15, -0.1) is 0 Å². The monoisotopic (exact) mass is 1100 g/mol. The van der Waals surface area contributed by atoms with Gasteiger partial charge in [-0.05, 0) is 93.8 Å². The van der Waals surface area contributed by atoms with Gasteiger partial charge in [0.2, 0.25) is 0 Å². The third-order valence-electron chi connectivity index (χ3n) is 20.6. The number of carbonyl (C=O) groups is 1. The predicted octanol–water partition coefficient (Wildman–Crippen LogP) is -1.22. The molecule has 442 valence electrons. The Kier molecular flexibility index (Phi) is 17.0. The fraction of sp³-hybridized carbons (Fsp3) is 0.944. The van der Waals surface area contributed by atoms with Gasteiger partial charge in [0.1, 0.15) is 102 Å². The van der Waals surface area contributed by atoms with Crippen molar-refractivity contribution in [1.82, 2.24) is 0 Å². The van der Waals surface area contributed by atoms with Gasteiger partial charge in [-0.2, -0.15) is 0 Å². The van der Waals surface area contributed by atoms with Crippen LogP contribution in [0.25, 0.3) is 0 Å². The summed E-state index contributed by atoms with van der Waals surface area (Å²) in [6.45, 7) is 14.2. The molecule has 0 radical (unpaired) electrons. The van der Waals surface area contributed by atoms with E-state index in [0.717, 1.165) is 18.4 Å². The predicted molar refractivity (Wildman–Crippen MR) is 263 cm³/mol. The molecule has 8 fully saturated rings. The highest BCUT2D eigenvalue weighted by atomic mass is 16.8. The van der Waals surface area contributed by atoms with Gasteiger partial charge >= 0.3 is 5.97 Å². The molecule has 77 heavy (non-hydrogen) atoms. The number of hydrogen-bond donors (Lipinski definition) is 12. The molecular weight excluding hydrogens is 1020 g/mol. The van der Waals surface area contributed by atoms with Crippen molar-refractivity contribution in [2.45, 2.75) is 253 Å². The lowest BCUT2D eigenvalue weighted by atomic mass is 9.39. The summed E-state index contributed by atoms with van der Waals surface area (Å²) in [5, 5.41) is 135. The average Bonchev–Trinajstić information content (AvgIpc) is 3.88. The summed E-state index contributed by atoms with van der Waals surface area (Å²) in [7, 11) is 1.20. The van der Waals surface area contributed by atoms with Crippen LogP contribution in [0.5, 0.6) is 0 Å². The van der Waals surface area contributed by atoms with Crippen molar-refractivity contribution in [3.05, 3.63) is 11.6 Å². The van der Waals surface area contributed by atoms with E-state index in [-0.39, 0.29) is 30.3 Å². The second-order valence-corrected chi connectivity index (χ2v) is 25.5. The molecule has 3 saturated carbocycles. The van der Waals surface area contributed by atoms with E-state index in [1.807, 2.05) is 13.8 Å². The van der Waals surface area contributed by atoms with Crippen LogP contribution in [0.1, 0.15) is 113 Å². The molecular formula is C54H88O23. The van der Waals surface area contributed by atoms with E-state index in [2.05, 4.69) is 40.7 Å². The van der Waals surface area contributed by atoms with Gasteiger partial charge in [-0.1, -0.05) is 59.6 Å². The Labute approximate surface area is 449 Å². The highest BCUT2D eigenvalue weighted by molar-refractivity contribution is 5.86. The second kappa shape index (κ2) is 21.8. The molecule has 0 aromatic carbocycles. The van der Waals surface area contributed by atoms with Crippen molar-refractivity contribution in [3.63, 3.8) is 0 Å². The van der Waals surface area contributed by atoms with E-state index in [0.29, 0.717) is 44.4 Å². The minimum atomic E-state index is -1.91. The summed E-state index contributed by atoms with van der Waals surface area (Å²) in [5.41, 5.74) is -4.96. The van der Waals surface area contributed by atoms with Crippen LogP contribution in [0, 0.1) is 39.4 Å². The highest BCUT2D eigenvalue weighted by Crippen LogP contribution is 2.77. The van der Waals surface area contributed by atoms with E-state index in [1.165, 1.54) is 14.0 Å². The average molecular weight is 1110 g/mol. The molecule has 1 spiro atoms. The van der Waals surface area contributed by atoms with Crippen molar-refractivity contribution >= 4 is 5.97 Å². The number of fused-ring (bicyclic) bond motifs is 4. The first-order valence-corrected chi connectivity index (χ1v) is 27.9. The Morgan fingerprint density at radius 3 is 1.92 bits per heavy atom. The summed E-state index contributed by atoms with van der Waals surface area (Å²) >= 11 is 0. The molecule has 23 heteroatoms. The smallest absolute Gasteiger partial charge is 0.319 e. The van der Waals surface area contributed by atoms with Gasteiger partial charge in [0.05, 0.1) is 38.1 Å². The number of hydrogen-bond acceptors (Lipinski definition) is 23. The van der Waals surface area contributed by atoms with Crippen molar-refractivity contribution < 1.29 is 113 Å². The van der Waals surface area contributed by atoms with Gasteiger partial charge in [-0.25, -0.2) is 0 Å². The first kappa shape index (κ1) is 60.0. The van der Waals surface area contributed by atoms with Gasteiger partial charge in [0.15, 0.2) is 25.2 Å². The minimum absolute atomic E-state index is 0.0216. The molecule has 23 nitrogen and oxygen atoms in total. The molecule has 12 N–H and O–H groups in total. The summed E-state index contributed by atoms with van der Waals surface area (Å²) in [6, 6.07) is 0. The Morgan fingerprint density at radius 1 is 0.701 bits per heavy atom. The van der Waals surface area contributed by atoms with E-state index in [4.69, 9.17) is 47.4 Å². The molecule has 5 saturated heterocycles. The number of esters is 1. The van der Waals surface area contributed by atoms with Gasteiger partial charge in [0.25, 0.3) is 0 Å². The lowest BCUT2D eigenvalue weighted by Crippen LogP contribution is -2.68. The Balaban J connectivity index is 0.880. The van der Waals surface area contributed by atoms with Crippen molar-refractivity contribution in [3.8, 4) is 0 Å². The summed E-state index contributed by atoms with van der Waals surface area (Å²) in [6.07, 6.45) is -24.3. The molecule has 5 aliphatic heterocycles. The summed E-state index contributed by atoms with van der Waals surface area (Å²) < 4.78 is 59.6. The molecule has 28 atom stereocenters. The normalized spacial score (nSPS) is 53.5. The zero-order chi connectivity index (χ0) is 56.3. The number of aliphatic hydroxyl groups is 12. The minimum Gasteiger partial charge on any atom is -0.456 e. The van der Waals surface area contributed by atoms with Crippen molar-refractivity contribution in [1.29, 1.82) is 0 Å². The molecule has 9 rings (SSSR count). The molecule has 5 heterocycles. The number of allylic oxidation sites excluding steroid dienone is 2. The number of aliphatic hydroxyl groups excluding tert-OH is 11. The van der Waals surface area contributed by atoms with Crippen LogP contribution >= 0.6 is 0 Å². The molecule has 16 unspecified atom stereocenters. The van der Waals surface area contributed by atoms with Crippen molar-refractivity contribution in [2.75, 3.05) is 26.9 Å². The molecule has 9 aliphatic rings. The van der Waals surface area contributed by atoms with Crippen LogP contribution in [0.3, 0.4) is 0 Å². The Morgan fingerprint density at radius 2 is 1.30 bits per heavy atom. The fourth-order valence-electron chi connectivity index (χ4n) is 16.2. The third-order valence-corrected chi connectivity index (χ3v) is 20.6. The molecule has 0 amide bonds. The van der Waals surface area contributed by atoms with Crippen LogP contribution < -0.4 is 0 Å². The molecule has 0 aromatic heterocycles. The molecule has 4 aliphatic carbocycles. The van der Waals surface area contributed by atoms with Crippen LogP contribution in [-0.2, 0) is 52.2 Å². The third kappa shape index (κ3) is 9.33. The van der Waals surface area contributed by atoms with Crippen LogP contribution in [-0.4, -0.2) is 234 Å². The number of carbonyl (C=O) groups excluding carboxylic acids is 1. The van der Waals surface area contributed by atoms with Gasteiger partial charge in [-0.3, -0.25) is 4.79 Å². The van der Waals surface area contributed by atoms with E-state index in [1.54, 1.807) is 0 Å². The fourth-order valence-corrected chi connectivity index (χ4v) is 16.2. The number of rotatable bonds is 15. The lowest BCUT2D eigenvalue weighted by Gasteiger charge is -2.65. The first-order valence-electron chi connectivity index (χ1n) is 27.9. The topological polar surface area (TPSA) is 352 Å². The lowest BCUT2D eigenvalue weighted by molar-refractivity contribution is -0.389. The zero-order valence-corrected chi connectivity index (χ0v) is 45.8. The Bertz CT molecular complexity index is 2120. The van der Waals surface area contributed by atoms with Crippen LogP contribution in [0.2, 0.25) is 0 Å². The first-order chi connectivity index (χ1) is 36.1.